The Bertz CT molecular complexity index is 2530. The van der Waals surface area contributed by atoms with E-state index in [0.29, 0.717) is 46.1 Å². The summed E-state index contributed by atoms with van der Waals surface area (Å²) in [6.45, 7) is 14.3. The quantitative estimate of drug-likeness (QED) is 0.184. The maximum absolute atomic E-state index is 13.5. The number of piperazine rings is 2. The van der Waals surface area contributed by atoms with Crippen LogP contribution in [0.5, 0.6) is 11.5 Å². The van der Waals surface area contributed by atoms with Gasteiger partial charge in [0.05, 0.1) is 37.0 Å². The zero-order valence-electron chi connectivity index (χ0n) is 36.2. The first kappa shape index (κ1) is 46.1. The van der Waals surface area contributed by atoms with Crippen molar-refractivity contribution >= 4 is 50.9 Å². The second-order valence-electron chi connectivity index (χ2n) is 18.0. The highest BCUT2D eigenvalue weighted by Gasteiger charge is 2.40. The lowest BCUT2D eigenvalue weighted by Crippen LogP contribution is -2.53. The Morgan fingerprint density at radius 2 is 1.19 bits per heavy atom. The van der Waals surface area contributed by atoms with Crippen LogP contribution in [0.3, 0.4) is 0 Å². The molecular weight excluding hydrogens is 874 g/mol. The molecule has 2 N–H and O–H groups in total. The van der Waals surface area contributed by atoms with E-state index in [9.17, 15) is 22.8 Å². The number of amides is 1. The molecule has 2 aliphatic carbocycles. The topological polar surface area (TPSA) is 182 Å². The van der Waals surface area contributed by atoms with E-state index in [1.807, 2.05) is 21.8 Å². The van der Waals surface area contributed by atoms with Crippen LogP contribution in [0.2, 0.25) is 10.0 Å². The van der Waals surface area contributed by atoms with Crippen LogP contribution in [0.1, 0.15) is 60.3 Å². The van der Waals surface area contributed by atoms with Gasteiger partial charge in [0.25, 0.3) is 0 Å². The van der Waals surface area contributed by atoms with Crippen molar-refractivity contribution in [1.29, 1.82) is 0 Å². The number of nitrogens with zero attached hydrogens (tertiary/aromatic N) is 7. The molecule has 0 unspecified atom stereocenters. The third kappa shape index (κ3) is 11.8. The fraction of sp³-hybridized carbons (Fsp3) is 0.512. The zero-order chi connectivity index (χ0) is 45.2. The number of hydrogen-bond donors (Lipinski definition) is 2. The molecule has 4 heterocycles. The molecule has 2 saturated carbocycles. The van der Waals surface area contributed by atoms with Crippen LogP contribution in [-0.4, -0.2) is 110 Å². The number of hydrogen-bond acceptors (Lipinski definition) is 13. The number of ether oxygens (including phenoxy) is 3. The van der Waals surface area contributed by atoms with E-state index >= 15 is 0 Å². The van der Waals surface area contributed by atoms with E-state index in [4.69, 9.17) is 37.4 Å². The van der Waals surface area contributed by atoms with Gasteiger partial charge in [0.1, 0.15) is 17.0 Å². The number of carbonyl (C=O) groups is 1. The van der Waals surface area contributed by atoms with Crippen LogP contribution in [0.4, 0.5) is 16.2 Å². The van der Waals surface area contributed by atoms with Crippen molar-refractivity contribution < 1.29 is 27.4 Å². The van der Waals surface area contributed by atoms with Crippen LogP contribution >= 0.6 is 23.2 Å². The van der Waals surface area contributed by atoms with Gasteiger partial charge in [-0.1, -0.05) is 49.2 Å². The lowest BCUT2D eigenvalue weighted by molar-refractivity contribution is 0.0567. The first-order valence-electron chi connectivity index (χ1n) is 21.1. The monoisotopic (exact) mass is 927 g/mol. The van der Waals surface area contributed by atoms with Crippen molar-refractivity contribution in [1.82, 2.24) is 33.9 Å². The van der Waals surface area contributed by atoms with E-state index in [2.05, 4.69) is 34.3 Å². The Kier molecular flexibility index (Phi) is 13.7. The Morgan fingerprint density at radius 3 is 1.60 bits per heavy atom. The van der Waals surface area contributed by atoms with Crippen molar-refractivity contribution in [3.05, 3.63) is 91.7 Å². The highest BCUT2D eigenvalue weighted by molar-refractivity contribution is 7.87. The lowest BCUT2D eigenvalue weighted by atomic mass is 10.2. The summed E-state index contributed by atoms with van der Waals surface area (Å²) in [6, 6.07) is 13.9. The van der Waals surface area contributed by atoms with Crippen molar-refractivity contribution in [3.8, 4) is 22.9 Å². The van der Waals surface area contributed by atoms with Gasteiger partial charge >= 0.3 is 27.4 Å². The fourth-order valence-electron chi connectivity index (χ4n) is 6.92. The summed E-state index contributed by atoms with van der Waals surface area (Å²) in [5.41, 5.74) is 1.14. The Balaban J connectivity index is 0.000000200. The van der Waals surface area contributed by atoms with Crippen LogP contribution in [-0.2, 0) is 14.9 Å². The highest BCUT2D eigenvalue weighted by atomic mass is 35.5. The number of halogens is 2. The van der Waals surface area contributed by atoms with Gasteiger partial charge in [0, 0.05) is 73.2 Å². The van der Waals surface area contributed by atoms with Crippen LogP contribution < -0.4 is 40.4 Å². The highest BCUT2D eigenvalue weighted by Crippen LogP contribution is 2.46. The molecule has 63 heavy (non-hydrogen) atoms. The molecule has 0 bridgehead atoms. The minimum absolute atomic E-state index is 0.0357. The average Bonchev–Trinajstić information content (AvgIpc) is 4.17. The van der Waals surface area contributed by atoms with Gasteiger partial charge in [-0.15, -0.1) is 0 Å². The third-order valence-corrected chi connectivity index (χ3v) is 13.2. The van der Waals surface area contributed by atoms with E-state index in [-0.39, 0.29) is 48.3 Å². The summed E-state index contributed by atoms with van der Waals surface area (Å²) >= 11 is 12.2. The second-order valence-corrected chi connectivity index (χ2v) is 20.6. The Morgan fingerprint density at radius 1 is 0.746 bits per heavy atom. The molecule has 4 fully saturated rings. The molecule has 1 amide bonds. The number of benzene rings is 2. The summed E-state index contributed by atoms with van der Waals surface area (Å²) in [6.07, 6.45) is 6.59. The Hall–Kier alpha value is -4.88. The zero-order valence-corrected chi connectivity index (χ0v) is 38.6. The number of rotatable bonds is 12. The summed E-state index contributed by atoms with van der Waals surface area (Å²) < 4.78 is 48.3. The van der Waals surface area contributed by atoms with Gasteiger partial charge < -0.3 is 29.3 Å². The molecule has 0 atom stereocenters. The van der Waals surface area contributed by atoms with Crippen LogP contribution in [0, 0.1) is 10.8 Å². The molecule has 2 aromatic carbocycles. The number of aromatic nitrogens is 4. The van der Waals surface area contributed by atoms with Crippen molar-refractivity contribution in [2.24, 2.45) is 10.8 Å². The van der Waals surface area contributed by atoms with Crippen LogP contribution in [0.25, 0.3) is 11.4 Å². The van der Waals surface area contributed by atoms with E-state index in [1.165, 1.54) is 13.7 Å². The maximum Gasteiger partial charge on any atom is 0.422 e. The molecule has 8 rings (SSSR count). The summed E-state index contributed by atoms with van der Waals surface area (Å²) in [5, 5.41) is 13.1. The number of anilines is 2. The number of carbonyl (C=O) groups excluding carboxylic acids is 1. The molecule has 0 radical (unpaired) electrons. The van der Waals surface area contributed by atoms with Crippen molar-refractivity contribution in [2.75, 3.05) is 75.4 Å². The SMILES string of the molecule is CC1(COc2c(N3CCN(S(=O)(=O)NC(=O)OC(C)(C)C)CC3)cnn(-c3cccc(Cl)c3)c2=O)CC1.CC1(COc2c(N3CCNCC3)cnn(-c3cccc(Cl)c3)c2=O)CC1. The van der Waals surface area contributed by atoms with Crippen molar-refractivity contribution in [2.45, 2.75) is 65.9 Å². The van der Waals surface area contributed by atoms with Gasteiger partial charge in [0.15, 0.2) is 0 Å². The minimum Gasteiger partial charge on any atom is -0.486 e. The molecule has 0 spiro atoms. The average molecular weight is 929 g/mol. The van der Waals surface area contributed by atoms with Gasteiger partial charge in [0.2, 0.25) is 11.5 Å². The molecule has 20 heteroatoms. The van der Waals surface area contributed by atoms with Gasteiger partial charge in [-0.2, -0.15) is 32.3 Å². The van der Waals surface area contributed by atoms with Crippen molar-refractivity contribution in [3.63, 3.8) is 0 Å². The molecular formula is C43H55Cl2N9O8S. The first-order chi connectivity index (χ1) is 29.8. The molecule has 17 nitrogen and oxygen atoms in total. The predicted octanol–water partition coefficient (Wildman–Crippen LogP) is 5.43. The molecule has 4 aromatic rings. The first-order valence-corrected chi connectivity index (χ1v) is 23.3. The summed E-state index contributed by atoms with van der Waals surface area (Å²) in [4.78, 5) is 42.7. The largest absolute Gasteiger partial charge is 0.486 e. The van der Waals surface area contributed by atoms with E-state index < -0.39 is 27.5 Å². The normalized spacial score (nSPS) is 18.1. The van der Waals surface area contributed by atoms with E-state index in [0.717, 1.165) is 57.5 Å². The standard InChI is InChI=1S/C24H32ClN5O6S.C19H23ClN4O2/c1-23(2,3)36-22(32)27-37(33,34)29-12-10-28(11-13-29)19-15-26-30(18-7-5-6-17(25)14-18)21(31)20(19)35-16-24(4)8-9-24;1-19(5-6-19)13-26-17-16(23-9-7-21-8-10-23)12-22-24(18(17)25)15-4-2-3-14(20)11-15/h5-7,14-15H,8-13,16H2,1-4H3,(H,27,32);2-4,11-12,21H,5-10,13H2,1H3. The second kappa shape index (κ2) is 18.7. The predicted molar refractivity (Wildman–Crippen MR) is 243 cm³/mol. The number of nitrogens with one attached hydrogen (secondary N) is 2. The van der Waals surface area contributed by atoms with Crippen LogP contribution in [0.15, 0.2) is 70.5 Å². The molecule has 4 aliphatic rings. The molecule has 2 aromatic heterocycles. The molecule has 340 valence electrons. The molecule has 2 saturated heterocycles. The van der Waals surface area contributed by atoms with Gasteiger partial charge in [-0.3, -0.25) is 9.59 Å². The van der Waals surface area contributed by atoms with Gasteiger partial charge in [-0.05, 0) is 82.9 Å². The molecule has 2 aliphatic heterocycles. The minimum atomic E-state index is -4.09. The van der Waals surface area contributed by atoms with E-state index in [1.54, 1.807) is 69.6 Å². The Labute approximate surface area is 377 Å². The fourth-order valence-corrected chi connectivity index (χ4v) is 8.31. The third-order valence-electron chi connectivity index (χ3n) is 11.3. The summed E-state index contributed by atoms with van der Waals surface area (Å²) in [5.74, 6) is 0.543. The summed E-state index contributed by atoms with van der Waals surface area (Å²) in [7, 11) is -4.09. The smallest absolute Gasteiger partial charge is 0.422 e. The van der Waals surface area contributed by atoms with Gasteiger partial charge in [-0.25, -0.2) is 9.52 Å². The maximum atomic E-state index is 13.5. The lowest BCUT2D eigenvalue weighted by Gasteiger charge is -2.35.